The maximum absolute atomic E-state index is 5.41. The van der Waals surface area contributed by atoms with Crippen LogP contribution in [0.15, 0.2) is 18.5 Å². The van der Waals surface area contributed by atoms with Crippen LogP contribution < -0.4 is 10.2 Å². The highest BCUT2D eigenvalue weighted by Gasteiger charge is 2.20. The lowest BCUT2D eigenvalue weighted by molar-refractivity contribution is 0.375. The van der Waals surface area contributed by atoms with Crippen LogP contribution in [0.3, 0.4) is 0 Å². The maximum atomic E-state index is 5.41. The minimum atomic E-state index is 0.608. The van der Waals surface area contributed by atoms with Crippen molar-refractivity contribution >= 4 is 23.3 Å². The molecule has 0 atom stereocenters. The lowest BCUT2D eigenvalue weighted by Gasteiger charge is -2.36. The summed E-state index contributed by atoms with van der Waals surface area (Å²) >= 11 is 5.41. The van der Waals surface area contributed by atoms with E-state index in [9.17, 15) is 0 Å². The average Bonchev–Trinajstić information content (AvgIpc) is 2.46. The molecule has 0 aliphatic carbocycles. The van der Waals surface area contributed by atoms with Gasteiger partial charge in [-0.25, -0.2) is 9.97 Å². The zero-order valence-corrected chi connectivity index (χ0v) is 12.4. The van der Waals surface area contributed by atoms with E-state index in [0.29, 0.717) is 5.92 Å². The second kappa shape index (κ2) is 6.65. The Hall–Kier alpha value is -1.43. The Kier molecular flexibility index (Phi) is 4.90. The van der Waals surface area contributed by atoms with Crippen LogP contribution in [0.25, 0.3) is 0 Å². The molecule has 0 saturated carbocycles. The van der Waals surface area contributed by atoms with Crippen molar-refractivity contribution in [3.63, 3.8) is 0 Å². The van der Waals surface area contributed by atoms with Crippen molar-refractivity contribution in [3.05, 3.63) is 18.5 Å². The van der Waals surface area contributed by atoms with E-state index in [-0.39, 0.29) is 0 Å². The molecule has 0 radical (unpaired) electrons. The number of nitrogens with zero attached hydrogens (tertiary/aromatic N) is 4. The van der Waals surface area contributed by atoms with Crippen molar-refractivity contribution in [3.8, 4) is 0 Å². The Morgan fingerprint density at radius 1 is 1.26 bits per heavy atom. The second-order valence-electron chi connectivity index (χ2n) is 5.10. The van der Waals surface area contributed by atoms with Crippen molar-refractivity contribution < 1.29 is 0 Å². The van der Waals surface area contributed by atoms with Crippen LogP contribution in [0.1, 0.15) is 13.8 Å². The van der Waals surface area contributed by atoms with E-state index in [1.165, 1.54) is 0 Å². The first-order chi connectivity index (χ1) is 9.16. The number of thiocarbonyl (C=S) groups is 1. The monoisotopic (exact) mass is 279 g/mol. The summed E-state index contributed by atoms with van der Waals surface area (Å²) in [6.45, 7) is 8.95. The van der Waals surface area contributed by atoms with E-state index < -0.39 is 0 Å². The molecule has 0 spiro atoms. The number of nitrogens with one attached hydrogen (secondary N) is 1. The Balaban J connectivity index is 1.81. The SMILES string of the molecule is CC(C)CNC(=S)N1CCN(c2ncccn2)CC1. The molecule has 19 heavy (non-hydrogen) atoms. The van der Waals surface area contributed by atoms with Crippen LogP contribution in [0, 0.1) is 5.92 Å². The fourth-order valence-corrected chi connectivity index (χ4v) is 2.23. The van der Waals surface area contributed by atoms with Crippen molar-refractivity contribution in [1.29, 1.82) is 0 Å². The Bertz CT molecular complexity index is 401. The highest BCUT2D eigenvalue weighted by Crippen LogP contribution is 2.09. The topological polar surface area (TPSA) is 44.3 Å². The third kappa shape index (κ3) is 4.02. The summed E-state index contributed by atoms with van der Waals surface area (Å²) in [5.41, 5.74) is 0. The van der Waals surface area contributed by atoms with Gasteiger partial charge in [0, 0.05) is 45.1 Å². The van der Waals surface area contributed by atoms with Gasteiger partial charge in [-0.2, -0.15) is 0 Å². The molecule has 0 bridgehead atoms. The van der Waals surface area contributed by atoms with Gasteiger partial charge in [0.15, 0.2) is 5.11 Å². The van der Waals surface area contributed by atoms with Crippen molar-refractivity contribution in [2.75, 3.05) is 37.6 Å². The van der Waals surface area contributed by atoms with Gasteiger partial charge in [-0.3, -0.25) is 0 Å². The number of anilines is 1. The Morgan fingerprint density at radius 2 is 1.89 bits per heavy atom. The molecule has 1 aromatic rings. The van der Waals surface area contributed by atoms with Crippen LogP contribution in [0.5, 0.6) is 0 Å². The van der Waals surface area contributed by atoms with E-state index in [1.807, 2.05) is 6.07 Å². The molecule has 2 rings (SSSR count). The van der Waals surface area contributed by atoms with E-state index in [2.05, 4.69) is 38.9 Å². The summed E-state index contributed by atoms with van der Waals surface area (Å²) in [7, 11) is 0. The Morgan fingerprint density at radius 3 is 2.47 bits per heavy atom. The lowest BCUT2D eigenvalue weighted by Crippen LogP contribution is -2.52. The van der Waals surface area contributed by atoms with Gasteiger partial charge in [0.05, 0.1) is 0 Å². The average molecular weight is 279 g/mol. The molecule has 1 fully saturated rings. The van der Waals surface area contributed by atoms with Crippen LogP contribution in [-0.2, 0) is 0 Å². The molecule has 1 saturated heterocycles. The minimum Gasteiger partial charge on any atom is -0.362 e. The molecule has 0 amide bonds. The minimum absolute atomic E-state index is 0.608. The van der Waals surface area contributed by atoms with Gasteiger partial charge in [-0.05, 0) is 24.2 Å². The smallest absolute Gasteiger partial charge is 0.225 e. The first-order valence-corrected chi connectivity index (χ1v) is 7.12. The van der Waals surface area contributed by atoms with Gasteiger partial charge in [0.2, 0.25) is 5.95 Å². The number of hydrogen-bond donors (Lipinski definition) is 1. The fourth-order valence-electron chi connectivity index (χ4n) is 1.97. The quantitative estimate of drug-likeness (QED) is 0.837. The van der Waals surface area contributed by atoms with Crippen LogP contribution in [0.4, 0.5) is 5.95 Å². The number of rotatable bonds is 3. The molecule has 1 aromatic heterocycles. The summed E-state index contributed by atoms with van der Waals surface area (Å²) in [5, 5.41) is 4.18. The molecule has 1 N–H and O–H groups in total. The van der Waals surface area contributed by atoms with Gasteiger partial charge in [0.1, 0.15) is 0 Å². The molecule has 104 valence electrons. The number of aromatic nitrogens is 2. The molecule has 0 unspecified atom stereocenters. The first-order valence-electron chi connectivity index (χ1n) is 6.71. The number of piperazine rings is 1. The zero-order chi connectivity index (χ0) is 13.7. The predicted octanol–water partition coefficient (Wildman–Crippen LogP) is 1.13. The Labute approximate surface area is 120 Å². The van der Waals surface area contributed by atoms with Crippen molar-refractivity contribution in [2.45, 2.75) is 13.8 Å². The maximum Gasteiger partial charge on any atom is 0.225 e. The summed E-state index contributed by atoms with van der Waals surface area (Å²) < 4.78 is 0. The second-order valence-corrected chi connectivity index (χ2v) is 5.49. The van der Waals surface area contributed by atoms with Crippen molar-refractivity contribution in [1.82, 2.24) is 20.2 Å². The van der Waals surface area contributed by atoms with Crippen LogP contribution in [-0.4, -0.2) is 52.7 Å². The highest BCUT2D eigenvalue weighted by molar-refractivity contribution is 7.80. The summed E-state index contributed by atoms with van der Waals surface area (Å²) in [6.07, 6.45) is 3.56. The molecule has 1 aliphatic rings. The van der Waals surface area contributed by atoms with E-state index in [0.717, 1.165) is 43.8 Å². The summed E-state index contributed by atoms with van der Waals surface area (Å²) in [6, 6.07) is 1.84. The van der Waals surface area contributed by atoms with E-state index in [4.69, 9.17) is 12.2 Å². The normalized spacial score (nSPS) is 15.7. The van der Waals surface area contributed by atoms with E-state index in [1.54, 1.807) is 12.4 Å². The van der Waals surface area contributed by atoms with Crippen LogP contribution >= 0.6 is 12.2 Å². The van der Waals surface area contributed by atoms with E-state index >= 15 is 0 Å². The highest BCUT2D eigenvalue weighted by atomic mass is 32.1. The molecular formula is C13H21N5S. The molecule has 0 aromatic carbocycles. The fraction of sp³-hybridized carbons (Fsp3) is 0.615. The van der Waals surface area contributed by atoms with Gasteiger partial charge in [-0.15, -0.1) is 0 Å². The van der Waals surface area contributed by atoms with Gasteiger partial charge < -0.3 is 15.1 Å². The summed E-state index contributed by atoms with van der Waals surface area (Å²) in [5.74, 6) is 1.42. The van der Waals surface area contributed by atoms with Crippen LogP contribution in [0.2, 0.25) is 0 Å². The van der Waals surface area contributed by atoms with Crippen molar-refractivity contribution in [2.24, 2.45) is 5.92 Å². The third-order valence-electron chi connectivity index (χ3n) is 3.06. The first kappa shape index (κ1) is 14.0. The standard InChI is InChI=1S/C13H21N5S/c1-11(2)10-16-13(19)18-8-6-17(7-9-18)12-14-4-3-5-15-12/h3-5,11H,6-10H2,1-2H3,(H,16,19). The molecule has 5 nitrogen and oxygen atoms in total. The molecule has 6 heteroatoms. The third-order valence-corrected chi connectivity index (χ3v) is 3.47. The largest absolute Gasteiger partial charge is 0.362 e. The molecular weight excluding hydrogens is 258 g/mol. The summed E-state index contributed by atoms with van der Waals surface area (Å²) in [4.78, 5) is 13.0. The van der Waals surface area contributed by atoms with Gasteiger partial charge >= 0.3 is 0 Å². The number of hydrogen-bond acceptors (Lipinski definition) is 4. The van der Waals surface area contributed by atoms with Gasteiger partial charge in [-0.1, -0.05) is 13.8 Å². The lowest BCUT2D eigenvalue weighted by atomic mass is 10.2. The zero-order valence-electron chi connectivity index (χ0n) is 11.5. The molecule has 2 heterocycles. The predicted molar refractivity (Wildman–Crippen MR) is 81.3 cm³/mol. The van der Waals surface area contributed by atoms with Gasteiger partial charge in [0.25, 0.3) is 0 Å². The molecule has 1 aliphatic heterocycles.